The molecular weight excluding hydrogens is 204 g/mol. The van der Waals surface area contributed by atoms with E-state index in [-0.39, 0.29) is 12.4 Å². The van der Waals surface area contributed by atoms with Crippen LogP contribution in [-0.2, 0) is 10.0 Å². The number of aliphatic hydroxyl groups excluding tert-OH is 1. The van der Waals surface area contributed by atoms with Gasteiger partial charge in [-0.05, 0) is 31.8 Å². The lowest BCUT2D eigenvalue weighted by molar-refractivity contribution is 0.222. The molecule has 0 aromatic carbocycles. The lowest BCUT2D eigenvalue weighted by Crippen LogP contribution is -2.26. The van der Waals surface area contributed by atoms with Gasteiger partial charge in [0, 0.05) is 13.2 Å². The zero-order valence-corrected chi connectivity index (χ0v) is 9.04. The second kappa shape index (κ2) is 5.06. The average Bonchev–Trinajstić information content (AvgIpc) is 2.50. The van der Waals surface area contributed by atoms with Gasteiger partial charge in [0.25, 0.3) is 0 Å². The van der Waals surface area contributed by atoms with E-state index in [0.29, 0.717) is 12.3 Å². The van der Waals surface area contributed by atoms with Crippen LogP contribution in [0, 0.1) is 5.92 Å². The second-order valence-electron chi connectivity index (χ2n) is 3.86. The SMILES string of the molecule is NS(=O)(=O)CCCN1CCC(CO)C1. The fourth-order valence-corrected chi connectivity index (χ4v) is 2.29. The highest BCUT2D eigenvalue weighted by Gasteiger charge is 2.21. The number of sulfonamides is 1. The maximum Gasteiger partial charge on any atom is 0.209 e. The molecule has 0 radical (unpaired) electrons. The van der Waals surface area contributed by atoms with Crippen LogP contribution in [0.3, 0.4) is 0 Å². The molecule has 0 aromatic heterocycles. The maximum absolute atomic E-state index is 10.6. The topological polar surface area (TPSA) is 83.6 Å². The molecule has 0 amide bonds. The van der Waals surface area contributed by atoms with E-state index in [1.165, 1.54) is 0 Å². The van der Waals surface area contributed by atoms with Gasteiger partial charge in [0.1, 0.15) is 0 Å². The molecule has 1 aliphatic heterocycles. The van der Waals surface area contributed by atoms with Gasteiger partial charge in [-0.2, -0.15) is 0 Å². The Morgan fingerprint density at radius 2 is 2.21 bits per heavy atom. The number of nitrogens with two attached hydrogens (primary N) is 1. The van der Waals surface area contributed by atoms with Crippen LogP contribution < -0.4 is 5.14 Å². The summed E-state index contributed by atoms with van der Waals surface area (Å²) in [6.07, 6.45) is 1.59. The molecule has 0 saturated carbocycles. The molecule has 6 heteroatoms. The number of rotatable bonds is 5. The second-order valence-corrected chi connectivity index (χ2v) is 5.59. The first-order valence-corrected chi connectivity index (χ1v) is 6.56. The molecular formula is C8H18N2O3S. The summed E-state index contributed by atoms with van der Waals surface area (Å²) in [7, 11) is -3.31. The molecule has 1 aliphatic rings. The summed E-state index contributed by atoms with van der Waals surface area (Å²) < 4.78 is 21.3. The number of hydrogen-bond donors (Lipinski definition) is 2. The summed E-state index contributed by atoms with van der Waals surface area (Å²) in [5.41, 5.74) is 0. The third-order valence-electron chi connectivity index (χ3n) is 2.53. The highest BCUT2D eigenvalue weighted by Crippen LogP contribution is 2.15. The molecule has 3 N–H and O–H groups in total. The van der Waals surface area contributed by atoms with Crippen molar-refractivity contribution in [1.29, 1.82) is 0 Å². The number of hydrogen-bond acceptors (Lipinski definition) is 4. The monoisotopic (exact) mass is 222 g/mol. The van der Waals surface area contributed by atoms with Gasteiger partial charge < -0.3 is 10.0 Å². The van der Waals surface area contributed by atoms with Crippen LogP contribution in [0.2, 0.25) is 0 Å². The minimum atomic E-state index is -3.31. The Balaban J connectivity index is 2.15. The molecule has 0 aromatic rings. The van der Waals surface area contributed by atoms with Crippen molar-refractivity contribution >= 4 is 10.0 Å². The quantitative estimate of drug-likeness (QED) is 0.623. The molecule has 1 fully saturated rings. The Labute approximate surface area is 84.9 Å². The Morgan fingerprint density at radius 1 is 1.50 bits per heavy atom. The van der Waals surface area contributed by atoms with E-state index >= 15 is 0 Å². The van der Waals surface area contributed by atoms with Gasteiger partial charge in [0.2, 0.25) is 10.0 Å². The molecule has 14 heavy (non-hydrogen) atoms. The van der Waals surface area contributed by atoms with Gasteiger partial charge in [-0.15, -0.1) is 0 Å². The molecule has 1 saturated heterocycles. The summed E-state index contributed by atoms with van der Waals surface area (Å²) in [6.45, 7) is 2.82. The van der Waals surface area contributed by atoms with Gasteiger partial charge >= 0.3 is 0 Å². The van der Waals surface area contributed by atoms with Crippen LogP contribution in [0.15, 0.2) is 0 Å². The lowest BCUT2D eigenvalue weighted by Gasteiger charge is -2.14. The minimum Gasteiger partial charge on any atom is -0.396 e. The van der Waals surface area contributed by atoms with Crippen LogP contribution >= 0.6 is 0 Å². The zero-order valence-electron chi connectivity index (χ0n) is 8.22. The predicted molar refractivity (Wildman–Crippen MR) is 54.2 cm³/mol. The van der Waals surface area contributed by atoms with Crippen molar-refractivity contribution in [3.8, 4) is 0 Å². The fraction of sp³-hybridized carbons (Fsp3) is 1.00. The van der Waals surface area contributed by atoms with Crippen LogP contribution in [0.25, 0.3) is 0 Å². The number of likely N-dealkylation sites (tertiary alicyclic amines) is 1. The normalized spacial score (nSPS) is 24.3. The van der Waals surface area contributed by atoms with E-state index in [1.54, 1.807) is 0 Å². The first-order chi connectivity index (χ1) is 6.51. The fourth-order valence-electron chi connectivity index (χ4n) is 1.75. The van der Waals surface area contributed by atoms with E-state index in [9.17, 15) is 8.42 Å². The zero-order chi connectivity index (χ0) is 10.6. The van der Waals surface area contributed by atoms with E-state index < -0.39 is 10.0 Å². The van der Waals surface area contributed by atoms with E-state index in [0.717, 1.165) is 26.1 Å². The van der Waals surface area contributed by atoms with Gasteiger partial charge in [0.05, 0.1) is 5.75 Å². The predicted octanol–water partition coefficient (Wildman–Crippen LogP) is -1.02. The third kappa shape index (κ3) is 4.36. The highest BCUT2D eigenvalue weighted by molar-refractivity contribution is 7.89. The first kappa shape index (κ1) is 11.9. The number of primary sulfonamides is 1. The Hall–Kier alpha value is -0.170. The molecule has 0 bridgehead atoms. The van der Waals surface area contributed by atoms with Crippen molar-refractivity contribution in [2.24, 2.45) is 11.1 Å². The molecule has 1 atom stereocenters. The van der Waals surface area contributed by atoms with E-state index in [2.05, 4.69) is 4.90 Å². The average molecular weight is 222 g/mol. The summed E-state index contributed by atoms with van der Waals surface area (Å²) in [6, 6.07) is 0. The standard InChI is InChI=1S/C8H18N2O3S/c9-14(12,13)5-1-3-10-4-2-8(6-10)7-11/h8,11H,1-7H2,(H2,9,12,13). The minimum absolute atomic E-state index is 0.0489. The first-order valence-electron chi connectivity index (χ1n) is 4.85. The largest absolute Gasteiger partial charge is 0.396 e. The van der Waals surface area contributed by atoms with Gasteiger partial charge in [-0.25, -0.2) is 13.6 Å². The molecule has 5 nitrogen and oxygen atoms in total. The summed E-state index contributed by atoms with van der Waals surface area (Å²) >= 11 is 0. The van der Waals surface area contributed by atoms with Crippen molar-refractivity contribution in [2.45, 2.75) is 12.8 Å². The van der Waals surface area contributed by atoms with Crippen molar-refractivity contribution < 1.29 is 13.5 Å². The Morgan fingerprint density at radius 3 is 2.71 bits per heavy atom. The molecule has 1 rings (SSSR count). The molecule has 0 aliphatic carbocycles. The molecule has 1 heterocycles. The third-order valence-corrected chi connectivity index (χ3v) is 3.39. The van der Waals surface area contributed by atoms with Crippen molar-refractivity contribution in [3.63, 3.8) is 0 Å². The van der Waals surface area contributed by atoms with Crippen molar-refractivity contribution in [3.05, 3.63) is 0 Å². The Kier molecular flexibility index (Phi) is 4.31. The van der Waals surface area contributed by atoms with Gasteiger partial charge in [0.15, 0.2) is 0 Å². The van der Waals surface area contributed by atoms with Crippen LogP contribution in [-0.4, -0.2) is 50.4 Å². The van der Waals surface area contributed by atoms with Crippen LogP contribution in [0.4, 0.5) is 0 Å². The van der Waals surface area contributed by atoms with Crippen molar-refractivity contribution in [1.82, 2.24) is 4.90 Å². The van der Waals surface area contributed by atoms with Gasteiger partial charge in [-0.1, -0.05) is 0 Å². The Bertz CT molecular complexity index is 266. The summed E-state index contributed by atoms with van der Waals surface area (Å²) in [4.78, 5) is 2.17. The number of aliphatic hydroxyl groups is 1. The van der Waals surface area contributed by atoms with Crippen molar-refractivity contribution in [2.75, 3.05) is 32.0 Å². The molecule has 0 spiro atoms. The smallest absolute Gasteiger partial charge is 0.209 e. The molecule has 1 unspecified atom stereocenters. The molecule has 84 valence electrons. The van der Waals surface area contributed by atoms with E-state index in [1.807, 2.05) is 0 Å². The number of nitrogens with zero attached hydrogens (tertiary/aromatic N) is 1. The highest BCUT2D eigenvalue weighted by atomic mass is 32.2. The van der Waals surface area contributed by atoms with Gasteiger partial charge in [-0.3, -0.25) is 0 Å². The van der Waals surface area contributed by atoms with Crippen LogP contribution in [0.1, 0.15) is 12.8 Å². The van der Waals surface area contributed by atoms with E-state index in [4.69, 9.17) is 10.2 Å². The summed E-state index contributed by atoms with van der Waals surface area (Å²) in [5.74, 6) is 0.414. The lowest BCUT2D eigenvalue weighted by atomic mass is 10.1. The van der Waals surface area contributed by atoms with Crippen LogP contribution in [0.5, 0.6) is 0 Å². The maximum atomic E-state index is 10.6. The summed E-state index contributed by atoms with van der Waals surface area (Å²) in [5, 5.41) is 13.8.